The topological polar surface area (TPSA) is 42.1 Å². The van der Waals surface area contributed by atoms with Gasteiger partial charge >= 0.3 is 0 Å². The van der Waals surface area contributed by atoms with Gasteiger partial charge in [0.2, 0.25) is 0 Å². The number of nitrogens with zero attached hydrogens (tertiary/aromatic N) is 6. The van der Waals surface area contributed by atoms with Crippen LogP contribution >= 0.6 is 0 Å². The lowest BCUT2D eigenvalue weighted by Crippen LogP contribution is -2.30. The van der Waals surface area contributed by atoms with Crippen LogP contribution in [0.1, 0.15) is 22.8 Å². The van der Waals surface area contributed by atoms with Crippen LogP contribution in [0, 0.1) is 27.7 Å². The van der Waals surface area contributed by atoms with Gasteiger partial charge in [-0.3, -0.25) is 0 Å². The van der Waals surface area contributed by atoms with Gasteiger partial charge in [0.1, 0.15) is 13.3 Å². The molecule has 6 heteroatoms. The summed E-state index contributed by atoms with van der Waals surface area (Å²) in [6.07, 6.45) is 0. The summed E-state index contributed by atoms with van der Waals surface area (Å²) >= 11 is 0. The van der Waals surface area contributed by atoms with E-state index in [1.54, 1.807) is 0 Å². The summed E-state index contributed by atoms with van der Waals surface area (Å²) in [4.78, 5) is 4.40. The fourth-order valence-corrected chi connectivity index (χ4v) is 3.13. The third-order valence-electron chi connectivity index (χ3n) is 4.55. The van der Waals surface area contributed by atoms with E-state index in [1.807, 2.05) is 23.2 Å². The Morgan fingerprint density at radius 2 is 1.15 bits per heavy atom. The van der Waals surface area contributed by atoms with Crippen molar-refractivity contribution in [1.82, 2.24) is 19.6 Å². The number of aromatic nitrogens is 4. The molecule has 0 saturated carbocycles. The Labute approximate surface area is 155 Å². The maximum absolute atomic E-state index is 4.63. The normalized spacial score (nSPS) is 11.0. The lowest BCUT2D eigenvalue weighted by atomic mass is 10.2. The highest BCUT2D eigenvalue weighted by atomic mass is 15.4. The number of anilines is 2. The van der Waals surface area contributed by atoms with Crippen LogP contribution in [-0.4, -0.2) is 33.7 Å². The molecule has 26 heavy (non-hydrogen) atoms. The summed E-state index contributed by atoms with van der Waals surface area (Å²) in [6.45, 7) is 9.60. The Morgan fingerprint density at radius 3 is 1.50 bits per heavy atom. The summed E-state index contributed by atoms with van der Waals surface area (Å²) in [5.41, 5.74) is 6.73. The molecule has 0 aliphatic rings. The molecule has 3 rings (SSSR count). The Kier molecular flexibility index (Phi) is 5.02. The Bertz CT molecular complexity index is 824. The third kappa shape index (κ3) is 3.90. The van der Waals surface area contributed by atoms with Gasteiger partial charge in [0.25, 0.3) is 0 Å². The molecule has 0 aliphatic carbocycles. The van der Waals surface area contributed by atoms with Crippen LogP contribution in [0.4, 0.5) is 11.4 Å². The molecule has 138 valence electrons. The minimum Gasteiger partial charge on any atom is -0.378 e. The maximum Gasteiger partial charge on any atom is 0.114 e. The van der Waals surface area contributed by atoms with Crippen molar-refractivity contribution in [3.05, 3.63) is 59.2 Å². The van der Waals surface area contributed by atoms with Crippen LogP contribution in [0.15, 0.2) is 36.4 Å². The van der Waals surface area contributed by atoms with Crippen LogP contribution in [0.5, 0.6) is 0 Å². The molecule has 0 radical (unpaired) electrons. The van der Waals surface area contributed by atoms with Crippen molar-refractivity contribution >= 4 is 11.4 Å². The van der Waals surface area contributed by atoms with Gasteiger partial charge in [-0.25, -0.2) is 9.36 Å². The summed E-state index contributed by atoms with van der Waals surface area (Å²) < 4.78 is 4.09. The van der Waals surface area contributed by atoms with Crippen LogP contribution in [-0.2, 0) is 13.3 Å². The van der Waals surface area contributed by atoms with Crippen molar-refractivity contribution in [2.24, 2.45) is 0 Å². The predicted molar refractivity (Wildman–Crippen MR) is 107 cm³/mol. The van der Waals surface area contributed by atoms with E-state index in [2.05, 4.69) is 84.3 Å². The fourth-order valence-electron chi connectivity index (χ4n) is 3.13. The van der Waals surface area contributed by atoms with E-state index in [0.29, 0.717) is 13.3 Å². The van der Waals surface area contributed by atoms with Gasteiger partial charge in [-0.1, -0.05) is 0 Å². The molecule has 0 N–H and O–H groups in total. The highest BCUT2D eigenvalue weighted by Crippen LogP contribution is 2.21. The zero-order valence-corrected chi connectivity index (χ0v) is 16.6. The monoisotopic (exact) mass is 352 g/mol. The van der Waals surface area contributed by atoms with Crippen LogP contribution in [0.3, 0.4) is 0 Å². The Balaban J connectivity index is 1.92. The van der Waals surface area contributed by atoms with Gasteiger partial charge in [-0.15, -0.1) is 0 Å². The lowest BCUT2D eigenvalue weighted by Gasteiger charge is -2.26. The second kappa shape index (κ2) is 7.23. The molecular formula is C20H28N6. The smallest absolute Gasteiger partial charge is 0.114 e. The Morgan fingerprint density at radius 1 is 0.731 bits per heavy atom. The van der Waals surface area contributed by atoms with E-state index < -0.39 is 0 Å². The first-order valence-electron chi connectivity index (χ1n) is 8.88. The Hall–Kier alpha value is -2.76. The SMILES string of the molecule is Cc1cc(C)n(CN(Cn2nc(C)cc2C)c2ccc(N(C)C)cc2)n1. The largest absolute Gasteiger partial charge is 0.378 e. The molecule has 2 heterocycles. The highest BCUT2D eigenvalue weighted by molar-refractivity contribution is 5.55. The van der Waals surface area contributed by atoms with E-state index in [9.17, 15) is 0 Å². The quantitative estimate of drug-likeness (QED) is 0.681. The predicted octanol–water partition coefficient (Wildman–Crippen LogP) is 3.50. The number of benzene rings is 1. The van der Waals surface area contributed by atoms with Gasteiger partial charge in [0, 0.05) is 36.9 Å². The van der Waals surface area contributed by atoms with E-state index in [0.717, 1.165) is 28.5 Å². The first-order chi connectivity index (χ1) is 12.3. The zero-order chi connectivity index (χ0) is 18.8. The molecule has 0 amide bonds. The molecule has 0 atom stereocenters. The molecule has 1 aromatic carbocycles. The van der Waals surface area contributed by atoms with Gasteiger partial charge in [0.15, 0.2) is 0 Å². The lowest BCUT2D eigenvalue weighted by molar-refractivity contribution is 0.484. The molecule has 0 saturated heterocycles. The van der Waals surface area contributed by atoms with Crippen molar-refractivity contribution in [3.63, 3.8) is 0 Å². The number of hydrogen-bond donors (Lipinski definition) is 0. The van der Waals surface area contributed by atoms with Crippen molar-refractivity contribution in [1.29, 1.82) is 0 Å². The second-order valence-corrected chi connectivity index (χ2v) is 7.09. The average Bonchev–Trinajstić information content (AvgIpc) is 3.07. The minimum atomic E-state index is 0.680. The van der Waals surface area contributed by atoms with Gasteiger partial charge in [-0.2, -0.15) is 10.2 Å². The second-order valence-electron chi connectivity index (χ2n) is 7.09. The van der Waals surface area contributed by atoms with E-state index in [1.165, 1.54) is 5.69 Å². The molecule has 0 aliphatic heterocycles. The standard InChI is InChI=1S/C20H28N6/c1-15-11-17(3)25(21-15)13-24(14-26-18(4)12-16(2)22-26)20-9-7-19(8-10-20)23(5)6/h7-12H,13-14H2,1-6H3. The third-order valence-corrected chi connectivity index (χ3v) is 4.55. The van der Waals surface area contributed by atoms with Gasteiger partial charge < -0.3 is 9.80 Å². The number of rotatable bonds is 6. The first kappa shape index (κ1) is 18.0. The fraction of sp³-hybridized carbons (Fsp3) is 0.400. The number of hydrogen-bond acceptors (Lipinski definition) is 4. The summed E-state index contributed by atoms with van der Waals surface area (Å²) in [5, 5.41) is 9.26. The van der Waals surface area contributed by atoms with Crippen molar-refractivity contribution in [2.45, 2.75) is 41.0 Å². The molecule has 0 fully saturated rings. The summed E-state index contributed by atoms with van der Waals surface area (Å²) in [7, 11) is 4.11. The van der Waals surface area contributed by atoms with Gasteiger partial charge in [0.05, 0.1) is 11.4 Å². The molecular weight excluding hydrogens is 324 g/mol. The highest BCUT2D eigenvalue weighted by Gasteiger charge is 2.13. The number of aryl methyl sites for hydroxylation is 4. The van der Waals surface area contributed by atoms with Crippen LogP contribution < -0.4 is 9.80 Å². The van der Waals surface area contributed by atoms with Crippen molar-refractivity contribution < 1.29 is 0 Å². The van der Waals surface area contributed by atoms with Crippen molar-refractivity contribution in [2.75, 3.05) is 23.9 Å². The van der Waals surface area contributed by atoms with E-state index >= 15 is 0 Å². The van der Waals surface area contributed by atoms with E-state index in [4.69, 9.17) is 0 Å². The van der Waals surface area contributed by atoms with E-state index in [-0.39, 0.29) is 0 Å². The van der Waals surface area contributed by atoms with Crippen LogP contribution in [0.2, 0.25) is 0 Å². The molecule has 2 aromatic heterocycles. The average molecular weight is 352 g/mol. The molecule has 0 unspecified atom stereocenters. The summed E-state index contributed by atoms with van der Waals surface area (Å²) in [6, 6.07) is 12.8. The maximum atomic E-state index is 4.63. The van der Waals surface area contributed by atoms with Crippen molar-refractivity contribution in [3.8, 4) is 0 Å². The minimum absolute atomic E-state index is 0.680. The zero-order valence-electron chi connectivity index (χ0n) is 16.6. The summed E-state index contributed by atoms with van der Waals surface area (Å²) in [5.74, 6) is 0. The van der Waals surface area contributed by atoms with Crippen LogP contribution in [0.25, 0.3) is 0 Å². The first-order valence-corrected chi connectivity index (χ1v) is 8.88. The molecule has 6 nitrogen and oxygen atoms in total. The molecule has 0 spiro atoms. The molecule has 0 bridgehead atoms. The molecule has 3 aromatic rings. The van der Waals surface area contributed by atoms with Gasteiger partial charge in [-0.05, 0) is 64.1 Å².